The third kappa shape index (κ3) is 3.39. The van der Waals surface area contributed by atoms with Crippen molar-refractivity contribution < 1.29 is 22.7 Å². The van der Waals surface area contributed by atoms with Crippen molar-refractivity contribution in [3.63, 3.8) is 0 Å². The fourth-order valence-corrected chi connectivity index (χ4v) is 6.59. The average molecular weight is 481 g/mol. The van der Waals surface area contributed by atoms with Gasteiger partial charge in [-0.3, -0.25) is 4.79 Å². The first kappa shape index (κ1) is 22.3. The number of nitrogens with zero attached hydrogens (tertiary/aromatic N) is 4. The Morgan fingerprint density at radius 1 is 1.20 bits per heavy atom. The molecule has 7 rings (SSSR count). The summed E-state index contributed by atoms with van der Waals surface area (Å²) in [6.45, 7) is 5.70. The van der Waals surface area contributed by atoms with Crippen LogP contribution in [0.15, 0.2) is 41.3 Å². The highest BCUT2D eigenvalue weighted by Gasteiger charge is 2.59. The van der Waals surface area contributed by atoms with E-state index in [0.717, 1.165) is 30.5 Å². The van der Waals surface area contributed by atoms with Crippen molar-refractivity contribution in [2.75, 3.05) is 19.7 Å². The van der Waals surface area contributed by atoms with Crippen molar-refractivity contribution in [1.82, 2.24) is 20.1 Å². The van der Waals surface area contributed by atoms with Gasteiger partial charge in [0.05, 0.1) is 35.9 Å². The number of aromatic nitrogens is 3. The number of oxazole rings is 1. The lowest BCUT2D eigenvalue weighted by molar-refractivity contribution is -0.0947. The van der Waals surface area contributed by atoms with E-state index in [0.29, 0.717) is 19.7 Å². The molecular formula is C26H26F2N4O3. The molecule has 35 heavy (non-hydrogen) atoms. The molecule has 1 aromatic carbocycles. The maximum Gasteiger partial charge on any atom is 0.291 e. The van der Waals surface area contributed by atoms with Gasteiger partial charge >= 0.3 is 0 Å². The number of hydrogen-bond donors (Lipinski definition) is 0. The third-order valence-corrected chi connectivity index (χ3v) is 8.10. The quantitative estimate of drug-likeness (QED) is 0.549. The minimum atomic E-state index is -0.661. The smallest absolute Gasteiger partial charge is 0.291 e. The molecule has 4 aliphatic rings. The summed E-state index contributed by atoms with van der Waals surface area (Å²) in [5.74, 6) is -1.14. The Balaban J connectivity index is 1.41. The Morgan fingerprint density at radius 2 is 2.00 bits per heavy atom. The number of fused-ring (bicyclic) bond motifs is 2. The molecule has 1 saturated carbocycles. The van der Waals surface area contributed by atoms with E-state index in [4.69, 9.17) is 9.15 Å². The minimum Gasteiger partial charge on any atom is -0.438 e. The van der Waals surface area contributed by atoms with E-state index in [1.165, 1.54) is 30.8 Å². The van der Waals surface area contributed by atoms with Crippen LogP contribution in [0.3, 0.4) is 0 Å². The van der Waals surface area contributed by atoms with Crippen LogP contribution in [0.25, 0.3) is 11.3 Å². The molecule has 3 aliphatic carbocycles. The number of ether oxygens (including phenoxy) is 1. The summed E-state index contributed by atoms with van der Waals surface area (Å²) < 4.78 is 40.6. The third-order valence-electron chi connectivity index (χ3n) is 8.10. The van der Waals surface area contributed by atoms with Crippen molar-refractivity contribution in [1.29, 1.82) is 0 Å². The van der Waals surface area contributed by atoms with Gasteiger partial charge in [0.2, 0.25) is 5.76 Å². The molecule has 0 unspecified atom stereocenters. The lowest BCUT2D eigenvalue weighted by Crippen LogP contribution is -2.60. The van der Waals surface area contributed by atoms with Crippen molar-refractivity contribution in [3.8, 4) is 11.3 Å². The number of rotatable bonds is 3. The van der Waals surface area contributed by atoms with Gasteiger partial charge in [-0.2, -0.15) is 10.2 Å². The van der Waals surface area contributed by atoms with Gasteiger partial charge in [0.15, 0.2) is 6.39 Å². The average Bonchev–Trinajstić information content (AvgIpc) is 3.38. The molecule has 3 heterocycles. The van der Waals surface area contributed by atoms with E-state index in [9.17, 15) is 13.6 Å². The summed E-state index contributed by atoms with van der Waals surface area (Å²) in [5, 5.41) is 8.89. The van der Waals surface area contributed by atoms with Crippen molar-refractivity contribution in [3.05, 3.63) is 65.5 Å². The van der Waals surface area contributed by atoms with Crippen LogP contribution in [0.1, 0.15) is 60.8 Å². The zero-order valence-electron chi connectivity index (χ0n) is 19.6. The fourth-order valence-electron chi connectivity index (χ4n) is 6.59. The van der Waals surface area contributed by atoms with Crippen LogP contribution in [0.2, 0.25) is 0 Å². The molecule has 3 aromatic rings. The molecule has 2 bridgehead atoms. The highest BCUT2D eigenvalue weighted by Crippen LogP contribution is 2.62. The number of amides is 1. The summed E-state index contributed by atoms with van der Waals surface area (Å²) in [6, 6.07) is 5.61. The second kappa shape index (κ2) is 7.91. The lowest BCUT2D eigenvalue weighted by Gasteiger charge is -2.58. The molecule has 3 atom stereocenters. The second-order valence-corrected chi connectivity index (χ2v) is 10.5. The predicted molar refractivity (Wildman–Crippen MR) is 122 cm³/mol. The second-order valence-electron chi connectivity index (χ2n) is 10.5. The summed E-state index contributed by atoms with van der Waals surface area (Å²) in [7, 11) is 0. The van der Waals surface area contributed by atoms with Crippen LogP contribution >= 0.6 is 0 Å². The van der Waals surface area contributed by atoms with Gasteiger partial charge in [-0.05, 0) is 54.4 Å². The number of benzene rings is 1. The first-order valence-corrected chi connectivity index (χ1v) is 11.9. The Kier molecular flexibility index (Phi) is 5.03. The van der Waals surface area contributed by atoms with Gasteiger partial charge in [0, 0.05) is 18.5 Å². The van der Waals surface area contributed by atoms with Gasteiger partial charge in [0.25, 0.3) is 5.91 Å². The van der Waals surface area contributed by atoms with Gasteiger partial charge in [-0.1, -0.05) is 19.9 Å². The predicted octanol–water partition coefficient (Wildman–Crippen LogP) is 4.50. The topological polar surface area (TPSA) is 81.4 Å². The highest BCUT2D eigenvalue weighted by atomic mass is 19.1. The first-order chi connectivity index (χ1) is 16.8. The van der Waals surface area contributed by atoms with Crippen LogP contribution in [0.4, 0.5) is 8.78 Å². The Hall–Kier alpha value is -3.20. The SMILES string of the molecule is CC1(C)C[C@]2([C@@H]3CN(C(=O)c4cnco4)CCO3)CC[C@H]1c1cc(-c3c(F)cccc3F)nnc12. The zero-order valence-corrected chi connectivity index (χ0v) is 19.6. The molecule has 182 valence electrons. The molecule has 1 saturated heterocycles. The molecular weight excluding hydrogens is 454 g/mol. The molecule has 7 nitrogen and oxygen atoms in total. The van der Waals surface area contributed by atoms with Crippen LogP contribution < -0.4 is 0 Å². The highest BCUT2D eigenvalue weighted by molar-refractivity contribution is 5.91. The van der Waals surface area contributed by atoms with Crippen molar-refractivity contribution in [2.24, 2.45) is 5.41 Å². The summed E-state index contributed by atoms with van der Waals surface area (Å²) in [4.78, 5) is 18.6. The lowest BCUT2D eigenvalue weighted by atomic mass is 9.48. The first-order valence-electron chi connectivity index (χ1n) is 11.9. The largest absolute Gasteiger partial charge is 0.438 e. The number of halogens is 2. The van der Waals surface area contributed by atoms with Crippen LogP contribution in [0, 0.1) is 17.0 Å². The van der Waals surface area contributed by atoms with Crippen LogP contribution in [-0.2, 0) is 10.2 Å². The molecule has 2 fully saturated rings. The number of carbonyl (C=O) groups is 1. The molecule has 1 amide bonds. The van der Waals surface area contributed by atoms with Crippen molar-refractivity contribution >= 4 is 5.91 Å². The van der Waals surface area contributed by atoms with Gasteiger partial charge in [-0.15, -0.1) is 0 Å². The molecule has 0 N–H and O–H groups in total. The number of carbonyl (C=O) groups excluding carboxylic acids is 1. The molecule has 9 heteroatoms. The maximum absolute atomic E-state index is 14.5. The normalized spacial score (nSPS) is 27.0. The summed E-state index contributed by atoms with van der Waals surface area (Å²) >= 11 is 0. The maximum atomic E-state index is 14.5. The molecule has 0 spiro atoms. The standard InChI is InChI=1S/C26H26F2N4O3/c1-25(2)13-26(21-12-32(8-9-34-21)24(33)20-11-29-14-35-20)7-6-16(25)15-10-19(30-31-23(15)26)22-17(27)4-3-5-18(22)28/h3-5,10-11,14,16,21H,6-9,12-13H2,1-2H3/t16-,21-,26-/m0/s1. The van der Waals surface area contributed by atoms with E-state index >= 15 is 0 Å². The Morgan fingerprint density at radius 3 is 2.71 bits per heavy atom. The minimum absolute atomic E-state index is 0.0834. The van der Waals surface area contributed by atoms with Crippen LogP contribution in [-0.4, -0.2) is 51.8 Å². The van der Waals surface area contributed by atoms with Crippen LogP contribution in [0.5, 0.6) is 0 Å². The molecule has 1 aliphatic heterocycles. The summed E-state index contributed by atoms with van der Waals surface area (Å²) in [5.41, 5.74) is 1.31. The summed E-state index contributed by atoms with van der Waals surface area (Å²) in [6.07, 6.45) is 4.97. The zero-order chi connectivity index (χ0) is 24.4. The van der Waals surface area contributed by atoms with Gasteiger partial charge < -0.3 is 14.1 Å². The van der Waals surface area contributed by atoms with E-state index < -0.39 is 17.0 Å². The fraction of sp³-hybridized carbons (Fsp3) is 0.462. The van der Waals surface area contributed by atoms with Gasteiger partial charge in [0.1, 0.15) is 11.6 Å². The van der Waals surface area contributed by atoms with Crippen molar-refractivity contribution in [2.45, 2.75) is 50.5 Å². The molecule has 2 aromatic heterocycles. The van der Waals surface area contributed by atoms with E-state index in [2.05, 4.69) is 29.0 Å². The van der Waals surface area contributed by atoms with E-state index in [1.807, 2.05) is 6.07 Å². The Bertz CT molecular complexity index is 1280. The van der Waals surface area contributed by atoms with E-state index in [-0.39, 0.29) is 40.4 Å². The number of hydrogen-bond acceptors (Lipinski definition) is 6. The number of morpholine rings is 1. The Labute approximate surface area is 201 Å². The monoisotopic (exact) mass is 480 g/mol. The van der Waals surface area contributed by atoms with E-state index in [1.54, 1.807) is 4.90 Å². The molecule has 0 radical (unpaired) electrons. The van der Waals surface area contributed by atoms with Gasteiger partial charge in [-0.25, -0.2) is 13.8 Å².